The number of ether oxygens (including phenoxy) is 1. The Labute approximate surface area is 180 Å². The maximum absolute atomic E-state index is 13.0. The van der Waals surface area contributed by atoms with E-state index in [1.54, 1.807) is 31.2 Å². The summed E-state index contributed by atoms with van der Waals surface area (Å²) in [6.07, 6.45) is 0.554. The molecule has 1 aromatic heterocycles. The molecule has 3 aromatic rings. The average molecular weight is 414 g/mol. The summed E-state index contributed by atoms with van der Waals surface area (Å²) >= 11 is 0. The molecule has 0 radical (unpaired) electrons. The van der Waals surface area contributed by atoms with E-state index in [4.69, 9.17) is 9.15 Å². The Morgan fingerprint density at radius 3 is 2.55 bits per heavy atom. The smallest absolute Gasteiger partial charge is 0.332 e. The number of fused-ring (bicyclic) bond motifs is 1. The molecule has 1 aliphatic rings. The Hall–Kier alpha value is -3.85. The van der Waals surface area contributed by atoms with Crippen LogP contribution in [0.25, 0.3) is 11.3 Å². The first kappa shape index (κ1) is 20.4. The minimum Gasteiger partial charge on any atom is -0.464 e. The van der Waals surface area contributed by atoms with E-state index >= 15 is 0 Å². The lowest BCUT2D eigenvalue weighted by molar-refractivity contribution is -0.150. The molecule has 156 valence electrons. The second kappa shape index (κ2) is 8.11. The summed E-state index contributed by atoms with van der Waals surface area (Å²) in [4.78, 5) is 25.9. The molecule has 1 unspecified atom stereocenters. The largest absolute Gasteiger partial charge is 0.464 e. The number of benzene rings is 2. The molecule has 2 aromatic carbocycles. The first-order valence-corrected chi connectivity index (χ1v) is 10.1. The summed E-state index contributed by atoms with van der Waals surface area (Å²) in [5.41, 5.74) is 3.03. The number of hydrogen-bond donors (Lipinski definition) is 1. The highest BCUT2D eigenvalue weighted by Crippen LogP contribution is 2.33. The highest BCUT2D eigenvalue weighted by Gasteiger charge is 2.47. The van der Waals surface area contributed by atoms with Gasteiger partial charge in [-0.25, -0.2) is 4.79 Å². The number of furan rings is 1. The van der Waals surface area contributed by atoms with Crippen LogP contribution in [0.3, 0.4) is 0 Å². The maximum atomic E-state index is 13.0. The van der Waals surface area contributed by atoms with Crippen LogP contribution in [0.2, 0.25) is 0 Å². The van der Waals surface area contributed by atoms with Crippen LogP contribution in [0.1, 0.15) is 39.7 Å². The van der Waals surface area contributed by atoms with Crippen molar-refractivity contribution in [3.8, 4) is 17.4 Å². The van der Waals surface area contributed by atoms with Crippen molar-refractivity contribution in [1.29, 1.82) is 5.26 Å². The lowest BCUT2D eigenvalue weighted by Gasteiger charge is -2.27. The lowest BCUT2D eigenvalue weighted by atomic mass is 9.95. The predicted octanol–water partition coefficient (Wildman–Crippen LogP) is 3.96. The molecule has 0 fully saturated rings. The van der Waals surface area contributed by atoms with Gasteiger partial charge in [0, 0.05) is 18.4 Å². The fourth-order valence-electron chi connectivity index (χ4n) is 3.91. The Morgan fingerprint density at radius 2 is 1.84 bits per heavy atom. The summed E-state index contributed by atoms with van der Waals surface area (Å²) in [5.74, 6) is -0.292. The van der Waals surface area contributed by atoms with Crippen molar-refractivity contribution in [1.82, 2.24) is 5.32 Å². The van der Waals surface area contributed by atoms with Crippen LogP contribution in [-0.2, 0) is 22.4 Å². The first-order chi connectivity index (χ1) is 14.9. The molecule has 6 heteroatoms. The molecule has 1 heterocycles. The summed E-state index contributed by atoms with van der Waals surface area (Å²) in [7, 11) is 0. The van der Waals surface area contributed by atoms with Crippen molar-refractivity contribution < 1.29 is 18.7 Å². The number of carbonyl (C=O) groups excluding carboxylic acids is 2. The van der Waals surface area contributed by atoms with Crippen LogP contribution in [0.15, 0.2) is 59.0 Å². The van der Waals surface area contributed by atoms with Gasteiger partial charge in [-0.3, -0.25) is 4.79 Å². The van der Waals surface area contributed by atoms with Crippen molar-refractivity contribution in [2.45, 2.75) is 32.2 Å². The van der Waals surface area contributed by atoms with Crippen molar-refractivity contribution in [2.75, 3.05) is 6.61 Å². The summed E-state index contributed by atoms with van der Waals surface area (Å²) in [6, 6.07) is 18.5. The molecule has 0 saturated heterocycles. The van der Waals surface area contributed by atoms with E-state index in [1.165, 1.54) is 0 Å². The molecule has 1 atom stereocenters. The molecule has 6 nitrogen and oxygen atoms in total. The fourth-order valence-corrected chi connectivity index (χ4v) is 3.91. The molecule has 4 rings (SSSR count). The van der Waals surface area contributed by atoms with Crippen LogP contribution >= 0.6 is 0 Å². The van der Waals surface area contributed by atoms with E-state index < -0.39 is 17.4 Å². The molecule has 1 N–H and O–H groups in total. The molecule has 31 heavy (non-hydrogen) atoms. The molecule has 1 amide bonds. The van der Waals surface area contributed by atoms with Crippen LogP contribution < -0.4 is 5.32 Å². The van der Waals surface area contributed by atoms with Gasteiger partial charge in [0.2, 0.25) is 0 Å². The third-order valence-electron chi connectivity index (χ3n) is 5.50. The zero-order chi connectivity index (χ0) is 22.0. The van der Waals surface area contributed by atoms with E-state index in [-0.39, 0.29) is 18.8 Å². The number of aryl methyl sites for hydroxylation is 1. The minimum atomic E-state index is -1.24. The van der Waals surface area contributed by atoms with Gasteiger partial charge in [-0.2, -0.15) is 5.26 Å². The van der Waals surface area contributed by atoms with E-state index in [2.05, 4.69) is 11.4 Å². The highest BCUT2D eigenvalue weighted by molar-refractivity contribution is 5.97. The third kappa shape index (κ3) is 3.95. The van der Waals surface area contributed by atoms with Crippen LogP contribution in [0, 0.1) is 18.3 Å². The number of amides is 1. The van der Waals surface area contributed by atoms with Gasteiger partial charge in [-0.15, -0.1) is 0 Å². The zero-order valence-corrected chi connectivity index (χ0v) is 17.4. The summed E-state index contributed by atoms with van der Waals surface area (Å²) in [6.45, 7) is 3.93. The first-order valence-electron chi connectivity index (χ1n) is 10.1. The number of hydrogen-bond acceptors (Lipinski definition) is 5. The number of esters is 1. The molecule has 0 saturated carbocycles. The fraction of sp³-hybridized carbons (Fsp3) is 0.240. The van der Waals surface area contributed by atoms with Crippen molar-refractivity contribution in [2.24, 2.45) is 0 Å². The highest BCUT2D eigenvalue weighted by atomic mass is 16.5. The van der Waals surface area contributed by atoms with Gasteiger partial charge >= 0.3 is 5.97 Å². The molecule has 0 spiro atoms. The number of nitrogens with zero attached hydrogens (tertiary/aromatic N) is 1. The number of carbonyl (C=O) groups is 2. The predicted molar refractivity (Wildman–Crippen MR) is 114 cm³/mol. The van der Waals surface area contributed by atoms with Crippen molar-refractivity contribution >= 4 is 11.9 Å². The molecular formula is C25H22N2O4. The normalized spacial score (nSPS) is 16.9. The quantitative estimate of drug-likeness (QED) is 0.638. The monoisotopic (exact) mass is 414 g/mol. The van der Waals surface area contributed by atoms with Gasteiger partial charge in [0.1, 0.15) is 11.3 Å². The molecular weight excluding hydrogens is 392 g/mol. The summed E-state index contributed by atoms with van der Waals surface area (Å²) in [5, 5.41) is 12.0. The Balaban J connectivity index is 1.60. The Morgan fingerprint density at radius 1 is 1.10 bits per heavy atom. The number of rotatable bonds is 5. The minimum absolute atomic E-state index is 0.118. The van der Waals surface area contributed by atoms with Crippen molar-refractivity contribution in [3.05, 3.63) is 82.6 Å². The van der Waals surface area contributed by atoms with Crippen LogP contribution in [-0.4, -0.2) is 24.0 Å². The van der Waals surface area contributed by atoms with Gasteiger partial charge in [0.25, 0.3) is 5.91 Å². The Bertz CT molecular complexity index is 1190. The van der Waals surface area contributed by atoms with Gasteiger partial charge in [-0.1, -0.05) is 35.9 Å². The third-order valence-corrected chi connectivity index (χ3v) is 5.50. The lowest BCUT2D eigenvalue weighted by Crippen LogP contribution is -2.56. The second-order valence-corrected chi connectivity index (χ2v) is 7.74. The van der Waals surface area contributed by atoms with Crippen LogP contribution in [0.4, 0.5) is 0 Å². The van der Waals surface area contributed by atoms with Crippen LogP contribution in [0.5, 0.6) is 0 Å². The average Bonchev–Trinajstić information content (AvgIpc) is 3.39. The SMILES string of the molecule is CCOC(=O)C1(NC(=O)c2ccc(-c3ccc(C)cc3)o2)Cc2ccc(C#N)cc2C1. The Kier molecular flexibility index (Phi) is 5.35. The number of nitriles is 1. The van der Waals surface area contributed by atoms with Gasteiger partial charge in [-0.05, 0) is 49.2 Å². The van der Waals surface area contributed by atoms with E-state index in [1.807, 2.05) is 37.3 Å². The zero-order valence-electron chi connectivity index (χ0n) is 17.4. The number of nitrogens with one attached hydrogen (secondary N) is 1. The molecule has 0 bridgehead atoms. The topological polar surface area (TPSA) is 92.3 Å². The van der Waals surface area contributed by atoms with Gasteiger partial charge < -0.3 is 14.5 Å². The second-order valence-electron chi connectivity index (χ2n) is 7.74. The van der Waals surface area contributed by atoms with E-state index in [0.29, 0.717) is 17.7 Å². The maximum Gasteiger partial charge on any atom is 0.332 e. The van der Waals surface area contributed by atoms with E-state index in [9.17, 15) is 14.9 Å². The van der Waals surface area contributed by atoms with Gasteiger partial charge in [0.15, 0.2) is 5.76 Å². The summed E-state index contributed by atoms with van der Waals surface area (Å²) < 4.78 is 11.1. The van der Waals surface area contributed by atoms with Gasteiger partial charge in [0.05, 0.1) is 18.2 Å². The standard InChI is InChI=1S/C25H22N2O4/c1-3-30-24(29)25(13-19-9-6-17(15-26)12-20(19)14-25)27-23(28)22-11-10-21(31-22)18-7-4-16(2)5-8-18/h4-12H,3,13-14H2,1-2H3,(H,27,28). The molecule has 1 aliphatic carbocycles. The molecule has 0 aliphatic heterocycles. The van der Waals surface area contributed by atoms with E-state index in [0.717, 1.165) is 22.3 Å². The van der Waals surface area contributed by atoms with Crippen molar-refractivity contribution in [3.63, 3.8) is 0 Å².